The molecule has 0 saturated heterocycles. The summed E-state index contributed by atoms with van der Waals surface area (Å²) in [5.74, 6) is 1.40. The molecule has 1 aromatic heterocycles. The number of aromatic nitrogens is 1. The Morgan fingerprint density at radius 1 is 0.857 bits per heavy atom. The predicted molar refractivity (Wildman–Crippen MR) is 82.3 cm³/mol. The van der Waals surface area contributed by atoms with Gasteiger partial charge in [0.2, 0.25) is 5.89 Å². The van der Waals surface area contributed by atoms with Crippen LogP contribution in [0.25, 0.3) is 21.9 Å². The van der Waals surface area contributed by atoms with Crippen molar-refractivity contribution in [2.75, 3.05) is 0 Å². The smallest absolute Gasteiger partial charge is 0.233 e. The minimum atomic E-state index is 0.326. The van der Waals surface area contributed by atoms with Crippen LogP contribution in [0.3, 0.4) is 0 Å². The zero-order valence-electron chi connectivity index (χ0n) is 11.3. The molecule has 0 saturated carbocycles. The van der Waals surface area contributed by atoms with E-state index in [9.17, 15) is 0 Å². The Labute approximate surface area is 121 Å². The third-order valence-corrected chi connectivity index (χ3v) is 3.42. The van der Waals surface area contributed by atoms with Crippen LogP contribution in [0, 0.1) is 0 Å². The van der Waals surface area contributed by atoms with E-state index in [-0.39, 0.29) is 0 Å². The summed E-state index contributed by atoms with van der Waals surface area (Å²) in [6, 6.07) is 22.0. The minimum absolute atomic E-state index is 0.326. The lowest BCUT2D eigenvalue weighted by atomic mass is 10.1. The molecule has 0 N–H and O–H groups in total. The van der Waals surface area contributed by atoms with E-state index in [4.69, 9.17) is 9.15 Å². The SMILES string of the molecule is c1ccc2cc(OCc3nc4ccccc4o3)ccc2c1. The molecule has 3 aromatic carbocycles. The number of para-hydroxylation sites is 2. The number of fused-ring (bicyclic) bond motifs is 2. The molecule has 0 aliphatic carbocycles. The summed E-state index contributed by atoms with van der Waals surface area (Å²) in [5, 5.41) is 2.36. The lowest BCUT2D eigenvalue weighted by molar-refractivity contribution is 0.267. The first-order valence-electron chi connectivity index (χ1n) is 6.84. The van der Waals surface area contributed by atoms with Crippen LogP contribution in [-0.4, -0.2) is 4.98 Å². The van der Waals surface area contributed by atoms with Crippen molar-refractivity contribution in [1.29, 1.82) is 0 Å². The summed E-state index contributed by atoms with van der Waals surface area (Å²) in [5.41, 5.74) is 1.64. The molecule has 0 fully saturated rings. The second kappa shape index (κ2) is 4.94. The maximum Gasteiger partial charge on any atom is 0.233 e. The number of ether oxygens (including phenoxy) is 1. The third kappa shape index (κ3) is 2.34. The molecule has 102 valence electrons. The van der Waals surface area contributed by atoms with Crippen LogP contribution in [0.4, 0.5) is 0 Å². The minimum Gasteiger partial charge on any atom is -0.484 e. The van der Waals surface area contributed by atoms with Gasteiger partial charge in [0.15, 0.2) is 12.2 Å². The molecule has 0 spiro atoms. The first kappa shape index (κ1) is 12.0. The Kier molecular flexibility index (Phi) is 2.82. The van der Waals surface area contributed by atoms with E-state index in [0.29, 0.717) is 12.5 Å². The van der Waals surface area contributed by atoms with Crippen molar-refractivity contribution in [3.05, 3.63) is 72.6 Å². The van der Waals surface area contributed by atoms with Gasteiger partial charge in [0.1, 0.15) is 11.3 Å². The second-order valence-corrected chi connectivity index (χ2v) is 4.87. The van der Waals surface area contributed by atoms with E-state index in [0.717, 1.165) is 22.2 Å². The van der Waals surface area contributed by atoms with Gasteiger partial charge < -0.3 is 9.15 Å². The largest absolute Gasteiger partial charge is 0.484 e. The van der Waals surface area contributed by atoms with Crippen LogP contribution < -0.4 is 4.74 Å². The fraction of sp³-hybridized carbons (Fsp3) is 0.0556. The average molecular weight is 275 g/mol. The van der Waals surface area contributed by atoms with Crippen molar-refractivity contribution >= 4 is 21.9 Å². The molecule has 4 rings (SSSR count). The number of hydrogen-bond donors (Lipinski definition) is 0. The van der Waals surface area contributed by atoms with Gasteiger partial charge in [-0.25, -0.2) is 4.98 Å². The maximum atomic E-state index is 5.77. The van der Waals surface area contributed by atoms with E-state index < -0.39 is 0 Å². The quantitative estimate of drug-likeness (QED) is 0.549. The molecule has 0 atom stereocenters. The zero-order valence-corrected chi connectivity index (χ0v) is 11.3. The molecule has 3 nitrogen and oxygen atoms in total. The summed E-state index contributed by atoms with van der Waals surface area (Å²) < 4.78 is 11.4. The number of oxazole rings is 1. The molecule has 0 amide bonds. The van der Waals surface area contributed by atoms with E-state index in [1.807, 2.05) is 48.5 Å². The summed E-state index contributed by atoms with van der Waals surface area (Å²) in [6.45, 7) is 0.326. The second-order valence-electron chi connectivity index (χ2n) is 4.87. The van der Waals surface area contributed by atoms with Gasteiger partial charge in [0.05, 0.1) is 0 Å². The Morgan fingerprint density at radius 2 is 1.67 bits per heavy atom. The highest BCUT2D eigenvalue weighted by Gasteiger charge is 2.05. The molecule has 4 aromatic rings. The van der Waals surface area contributed by atoms with Crippen molar-refractivity contribution < 1.29 is 9.15 Å². The van der Waals surface area contributed by atoms with Crippen LogP contribution in [0.5, 0.6) is 5.75 Å². The molecular formula is C18H13NO2. The van der Waals surface area contributed by atoms with Gasteiger partial charge in [0, 0.05) is 0 Å². The Morgan fingerprint density at radius 3 is 2.57 bits per heavy atom. The maximum absolute atomic E-state index is 5.77. The fourth-order valence-electron chi connectivity index (χ4n) is 2.38. The van der Waals surface area contributed by atoms with Crippen molar-refractivity contribution in [2.24, 2.45) is 0 Å². The number of hydrogen-bond acceptors (Lipinski definition) is 3. The fourth-order valence-corrected chi connectivity index (χ4v) is 2.38. The summed E-state index contributed by atoms with van der Waals surface area (Å²) >= 11 is 0. The highest BCUT2D eigenvalue weighted by Crippen LogP contribution is 2.22. The van der Waals surface area contributed by atoms with E-state index in [1.54, 1.807) is 0 Å². The van der Waals surface area contributed by atoms with Gasteiger partial charge in [-0.05, 0) is 35.0 Å². The van der Waals surface area contributed by atoms with Crippen LogP contribution in [-0.2, 0) is 6.61 Å². The lowest BCUT2D eigenvalue weighted by Crippen LogP contribution is -1.95. The van der Waals surface area contributed by atoms with Crippen molar-refractivity contribution in [3.63, 3.8) is 0 Å². The molecule has 3 heteroatoms. The summed E-state index contributed by atoms with van der Waals surface area (Å²) in [4.78, 5) is 4.40. The molecule has 0 unspecified atom stereocenters. The first-order chi connectivity index (χ1) is 10.4. The monoisotopic (exact) mass is 275 g/mol. The topological polar surface area (TPSA) is 35.3 Å². The van der Waals surface area contributed by atoms with E-state index >= 15 is 0 Å². The molecule has 0 bridgehead atoms. The molecule has 1 heterocycles. The highest BCUT2D eigenvalue weighted by atomic mass is 16.5. The first-order valence-corrected chi connectivity index (χ1v) is 6.84. The summed E-state index contributed by atoms with van der Waals surface area (Å²) in [6.07, 6.45) is 0. The molecule has 0 aliphatic rings. The molecule has 21 heavy (non-hydrogen) atoms. The predicted octanol–water partition coefficient (Wildman–Crippen LogP) is 4.56. The van der Waals surface area contributed by atoms with Gasteiger partial charge in [-0.2, -0.15) is 0 Å². The molecule has 0 aliphatic heterocycles. The van der Waals surface area contributed by atoms with Gasteiger partial charge in [-0.3, -0.25) is 0 Å². The molecular weight excluding hydrogens is 262 g/mol. The van der Waals surface area contributed by atoms with Gasteiger partial charge in [0.25, 0.3) is 0 Å². The van der Waals surface area contributed by atoms with Gasteiger partial charge in [-0.15, -0.1) is 0 Å². The third-order valence-electron chi connectivity index (χ3n) is 3.42. The Bertz CT molecular complexity index is 878. The van der Waals surface area contributed by atoms with Gasteiger partial charge in [-0.1, -0.05) is 42.5 Å². The summed E-state index contributed by atoms with van der Waals surface area (Å²) in [7, 11) is 0. The van der Waals surface area contributed by atoms with Crippen LogP contribution >= 0.6 is 0 Å². The van der Waals surface area contributed by atoms with Crippen molar-refractivity contribution in [1.82, 2.24) is 4.98 Å². The number of nitrogens with zero attached hydrogens (tertiary/aromatic N) is 1. The van der Waals surface area contributed by atoms with Crippen LogP contribution in [0.1, 0.15) is 5.89 Å². The normalized spacial score (nSPS) is 11.0. The van der Waals surface area contributed by atoms with Crippen molar-refractivity contribution in [2.45, 2.75) is 6.61 Å². The van der Waals surface area contributed by atoms with Crippen molar-refractivity contribution in [3.8, 4) is 5.75 Å². The Hall–Kier alpha value is -2.81. The van der Waals surface area contributed by atoms with Crippen LogP contribution in [0.2, 0.25) is 0 Å². The van der Waals surface area contributed by atoms with E-state index in [2.05, 4.69) is 23.2 Å². The molecule has 0 radical (unpaired) electrons. The highest BCUT2D eigenvalue weighted by molar-refractivity contribution is 5.83. The van der Waals surface area contributed by atoms with E-state index in [1.165, 1.54) is 5.39 Å². The number of rotatable bonds is 3. The Balaban J connectivity index is 1.57. The average Bonchev–Trinajstić information content (AvgIpc) is 2.95. The van der Waals surface area contributed by atoms with Crippen LogP contribution in [0.15, 0.2) is 71.1 Å². The number of benzene rings is 3. The standard InChI is InChI=1S/C18H13NO2/c1-2-6-14-11-15(10-9-13(14)5-1)20-12-18-19-16-7-3-4-8-17(16)21-18/h1-11H,12H2. The lowest BCUT2D eigenvalue weighted by Gasteiger charge is -2.05. The van der Waals surface area contributed by atoms with Gasteiger partial charge >= 0.3 is 0 Å². The zero-order chi connectivity index (χ0) is 14.1.